The minimum absolute atomic E-state index is 0.159. The van der Waals surface area contributed by atoms with Gasteiger partial charge >= 0.3 is 6.18 Å². The lowest BCUT2D eigenvalue weighted by atomic mass is 9.85. The molecule has 0 amide bonds. The highest BCUT2D eigenvalue weighted by Crippen LogP contribution is 2.46. The molecule has 0 fully saturated rings. The van der Waals surface area contributed by atoms with Crippen LogP contribution in [0.1, 0.15) is 11.1 Å². The number of hydrogen-bond donors (Lipinski definition) is 1. The van der Waals surface area contributed by atoms with Crippen molar-refractivity contribution >= 4 is 11.6 Å². The molecule has 0 aliphatic heterocycles. The standard InChI is InChI=1S/C15H12ClF3O2/c1-21-11-8-6-10(7-9-11)14(20,15(17,18)19)12-4-2-3-5-13(12)16/h2-9,20H,1H3. The van der Waals surface area contributed by atoms with Gasteiger partial charge in [0, 0.05) is 10.6 Å². The minimum Gasteiger partial charge on any atom is -0.497 e. The van der Waals surface area contributed by atoms with E-state index in [0.29, 0.717) is 5.75 Å². The first-order chi connectivity index (χ1) is 9.80. The zero-order chi connectivity index (χ0) is 15.7. The summed E-state index contributed by atoms with van der Waals surface area (Å²) in [6, 6.07) is 10.4. The Kier molecular flexibility index (Phi) is 4.16. The molecule has 0 heterocycles. The van der Waals surface area contributed by atoms with E-state index >= 15 is 0 Å². The molecule has 0 aromatic heterocycles. The molecule has 2 aromatic rings. The maximum Gasteiger partial charge on any atom is 0.425 e. The molecule has 0 spiro atoms. The fraction of sp³-hybridized carbons (Fsp3) is 0.200. The molecule has 0 aliphatic rings. The van der Waals surface area contributed by atoms with E-state index < -0.39 is 17.3 Å². The zero-order valence-electron chi connectivity index (χ0n) is 11.0. The predicted molar refractivity (Wildman–Crippen MR) is 73.5 cm³/mol. The highest BCUT2D eigenvalue weighted by Gasteiger charge is 2.57. The second-order valence-corrected chi connectivity index (χ2v) is 4.82. The fourth-order valence-electron chi connectivity index (χ4n) is 2.06. The first-order valence-corrected chi connectivity index (χ1v) is 6.37. The number of methoxy groups -OCH3 is 1. The summed E-state index contributed by atoms with van der Waals surface area (Å²) in [6.45, 7) is 0. The van der Waals surface area contributed by atoms with Crippen LogP contribution >= 0.6 is 11.6 Å². The van der Waals surface area contributed by atoms with E-state index in [0.717, 1.165) is 18.2 Å². The van der Waals surface area contributed by atoms with Crippen LogP contribution in [0.15, 0.2) is 48.5 Å². The van der Waals surface area contributed by atoms with E-state index in [1.165, 1.54) is 37.4 Å². The monoisotopic (exact) mass is 316 g/mol. The molecule has 0 saturated carbocycles. The summed E-state index contributed by atoms with van der Waals surface area (Å²) in [6.07, 6.45) is -4.92. The second kappa shape index (κ2) is 5.58. The van der Waals surface area contributed by atoms with Gasteiger partial charge in [-0.3, -0.25) is 0 Å². The van der Waals surface area contributed by atoms with Crippen molar-refractivity contribution in [3.05, 3.63) is 64.7 Å². The van der Waals surface area contributed by atoms with Crippen molar-refractivity contribution in [3.8, 4) is 5.75 Å². The van der Waals surface area contributed by atoms with Gasteiger partial charge in [0.2, 0.25) is 5.60 Å². The molecule has 1 N–H and O–H groups in total. The summed E-state index contributed by atoms with van der Waals surface area (Å²) in [5, 5.41) is 10.2. The summed E-state index contributed by atoms with van der Waals surface area (Å²) >= 11 is 5.84. The SMILES string of the molecule is COc1ccc(C(O)(c2ccccc2Cl)C(F)(F)F)cc1. The highest BCUT2D eigenvalue weighted by atomic mass is 35.5. The number of rotatable bonds is 3. The normalized spacial score (nSPS) is 14.6. The number of benzene rings is 2. The first kappa shape index (κ1) is 15.7. The van der Waals surface area contributed by atoms with Crippen LogP contribution < -0.4 is 4.74 Å². The number of ether oxygens (including phenoxy) is 1. The van der Waals surface area contributed by atoms with E-state index in [9.17, 15) is 18.3 Å². The Morgan fingerprint density at radius 3 is 2.05 bits per heavy atom. The summed E-state index contributed by atoms with van der Waals surface area (Å²) < 4.78 is 45.4. The van der Waals surface area contributed by atoms with Crippen LogP contribution in [-0.2, 0) is 5.60 Å². The summed E-state index contributed by atoms with van der Waals surface area (Å²) in [5.74, 6) is 0.391. The largest absolute Gasteiger partial charge is 0.497 e. The lowest BCUT2D eigenvalue weighted by Gasteiger charge is -2.32. The van der Waals surface area contributed by atoms with Gasteiger partial charge in [-0.2, -0.15) is 13.2 Å². The average molecular weight is 317 g/mol. The van der Waals surface area contributed by atoms with E-state index in [1.54, 1.807) is 0 Å². The molecule has 0 aliphatic carbocycles. The van der Waals surface area contributed by atoms with Gasteiger partial charge in [-0.25, -0.2) is 0 Å². The quantitative estimate of drug-likeness (QED) is 0.922. The van der Waals surface area contributed by atoms with Crippen LogP contribution in [0.3, 0.4) is 0 Å². The lowest BCUT2D eigenvalue weighted by molar-refractivity contribution is -0.248. The molecule has 6 heteroatoms. The van der Waals surface area contributed by atoms with Crippen molar-refractivity contribution in [2.75, 3.05) is 7.11 Å². The van der Waals surface area contributed by atoms with Crippen LogP contribution in [0, 0.1) is 0 Å². The highest BCUT2D eigenvalue weighted by molar-refractivity contribution is 6.31. The van der Waals surface area contributed by atoms with E-state index in [4.69, 9.17) is 16.3 Å². The number of aliphatic hydroxyl groups is 1. The molecule has 21 heavy (non-hydrogen) atoms. The second-order valence-electron chi connectivity index (χ2n) is 4.42. The molecular formula is C15H12ClF3O2. The molecular weight excluding hydrogens is 305 g/mol. The zero-order valence-corrected chi connectivity index (χ0v) is 11.7. The van der Waals surface area contributed by atoms with Crippen LogP contribution in [0.25, 0.3) is 0 Å². The molecule has 1 atom stereocenters. The molecule has 1 unspecified atom stereocenters. The average Bonchev–Trinajstić information content (AvgIpc) is 2.46. The van der Waals surface area contributed by atoms with Crippen LogP contribution in [0.5, 0.6) is 5.75 Å². The maximum atomic E-state index is 13.5. The Labute approximate surface area is 124 Å². The van der Waals surface area contributed by atoms with Gasteiger partial charge in [0.25, 0.3) is 0 Å². The Morgan fingerprint density at radius 1 is 1.00 bits per heavy atom. The molecule has 2 rings (SSSR count). The smallest absolute Gasteiger partial charge is 0.425 e. The van der Waals surface area contributed by atoms with Crippen LogP contribution in [0.4, 0.5) is 13.2 Å². The van der Waals surface area contributed by atoms with Gasteiger partial charge < -0.3 is 9.84 Å². The Hall–Kier alpha value is -1.72. The van der Waals surface area contributed by atoms with Crippen molar-refractivity contribution in [2.24, 2.45) is 0 Å². The van der Waals surface area contributed by atoms with Gasteiger partial charge in [0.15, 0.2) is 0 Å². The van der Waals surface area contributed by atoms with E-state index in [-0.39, 0.29) is 10.6 Å². The van der Waals surface area contributed by atoms with Gasteiger partial charge in [-0.05, 0) is 23.8 Å². The minimum atomic E-state index is -4.92. The first-order valence-electron chi connectivity index (χ1n) is 5.99. The molecule has 2 nitrogen and oxygen atoms in total. The van der Waals surface area contributed by atoms with E-state index in [1.807, 2.05) is 0 Å². The van der Waals surface area contributed by atoms with Crippen molar-refractivity contribution in [1.82, 2.24) is 0 Å². The number of halogens is 4. The van der Waals surface area contributed by atoms with Crippen molar-refractivity contribution in [1.29, 1.82) is 0 Å². The van der Waals surface area contributed by atoms with Gasteiger partial charge in [-0.15, -0.1) is 0 Å². The summed E-state index contributed by atoms with van der Waals surface area (Å²) in [7, 11) is 1.40. The Balaban J connectivity index is 2.65. The third-order valence-corrected chi connectivity index (χ3v) is 3.51. The van der Waals surface area contributed by atoms with Gasteiger partial charge in [-0.1, -0.05) is 41.9 Å². The Morgan fingerprint density at radius 2 is 1.57 bits per heavy atom. The lowest BCUT2D eigenvalue weighted by Crippen LogP contribution is -2.43. The topological polar surface area (TPSA) is 29.5 Å². The fourth-order valence-corrected chi connectivity index (χ4v) is 2.33. The maximum absolute atomic E-state index is 13.5. The van der Waals surface area contributed by atoms with Crippen LogP contribution in [-0.4, -0.2) is 18.4 Å². The molecule has 2 aromatic carbocycles. The molecule has 112 valence electrons. The summed E-state index contributed by atoms with van der Waals surface area (Å²) in [5.41, 5.74) is -3.93. The number of alkyl halides is 3. The molecule has 0 bridgehead atoms. The Bertz CT molecular complexity index is 626. The predicted octanol–water partition coefficient (Wildman–Crippen LogP) is 4.15. The van der Waals surface area contributed by atoms with Crippen molar-refractivity contribution in [2.45, 2.75) is 11.8 Å². The van der Waals surface area contributed by atoms with E-state index in [2.05, 4.69) is 0 Å². The van der Waals surface area contributed by atoms with Crippen molar-refractivity contribution < 1.29 is 23.0 Å². The van der Waals surface area contributed by atoms with Crippen LogP contribution in [0.2, 0.25) is 5.02 Å². The van der Waals surface area contributed by atoms with Crippen molar-refractivity contribution in [3.63, 3.8) is 0 Å². The molecule has 0 radical (unpaired) electrons. The van der Waals surface area contributed by atoms with Gasteiger partial charge in [0.05, 0.1) is 7.11 Å². The summed E-state index contributed by atoms with van der Waals surface area (Å²) in [4.78, 5) is 0. The molecule has 0 saturated heterocycles. The third kappa shape index (κ3) is 2.71. The third-order valence-electron chi connectivity index (χ3n) is 3.18. The number of hydrogen-bond acceptors (Lipinski definition) is 2. The van der Waals surface area contributed by atoms with Gasteiger partial charge in [0.1, 0.15) is 5.75 Å².